The second-order valence-corrected chi connectivity index (χ2v) is 5.56. The highest BCUT2D eigenvalue weighted by Gasteiger charge is 2.13. The standard InChI is InChI=1S/C15H14ClN7O3/c1-2-14-19-21-15(22(14)17)20-18-8-10-4-6-13(26-10)11-5-3-9(23(24)25)7-12(11)16/h3-8H,2,17H2,1H3,(H,20,21). The normalized spacial score (nSPS) is 11.2. The maximum Gasteiger partial charge on any atom is 0.270 e. The Morgan fingerprint density at radius 1 is 1.42 bits per heavy atom. The average molecular weight is 376 g/mol. The Balaban J connectivity index is 1.73. The zero-order chi connectivity index (χ0) is 18.7. The molecule has 0 amide bonds. The van der Waals surface area contributed by atoms with Crippen LogP contribution in [-0.4, -0.2) is 26.0 Å². The molecule has 2 aromatic heterocycles. The maximum atomic E-state index is 10.8. The second-order valence-electron chi connectivity index (χ2n) is 5.16. The SMILES string of the molecule is CCc1nnc(NN=Cc2ccc(-c3ccc([N+](=O)[O-])cc3Cl)o2)n1N. The third-order valence-corrected chi connectivity index (χ3v) is 3.81. The minimum absolute atomic E-state index is 0.0892. The molecule has 3 aromatic rings. The van der Waals surface area contributed by atoms with Crippen LogP contribution in [0.1, 0.15) is 18.5 Å². The van der Waals surface area contributed by atoms with Gasteiger partial charge in [0, 0.05) is 24.1 Å². The van der Waals surface area contributed by atoms with Crippen molar-refractivity contribution in [1.29, 1.82) is 0 Å². The van der Waals surface area contributed by atoms with Gasteiger partial charge in [0.15, 0.2) is 5.82 Å². The number of aromatic nitrogens is 3. The van der Waals surface area contributed by atoms with E-state index in [9.17, 15) is 10.1 Å². The summed E-state index contributed by atoms with van der Waals surface area (Å²) in [5.74, 6) is 7.61. The fourth-order valence-corrected chi connectivity index (χ4v) is 2.45. The van der Waals surface area contributed by atoms with Crippen molar-refractivity contribution in [3.63, 3.8) is 0 Å². The molecule has 0 radical (unpaired) electrons. The fraction of sp³-hybridized carbons (Fsp3) is 0.133. The molecule has 0 fully saturated rings. The van der Waals surface area contributed by atoms with E-state index in [-0.39, 0.29) is 10.7 Å². The lowest BCUT2D eigenvalue weighted by atomic mass is 10.1. The number of furan rings is 1. The molecule has 3 N–H and O–H groups in total. The summed E-state index contributed by atoms with van der Waals surface area (Å²) in [6, 6.07) is 7.53. The van der Waals surface area contributed by atoms with Crippen molar-refractivity contribution in [3.05, 3.63) is 57.1 Å². The van der Waals surface area contributed by atoms with Crippen molar-refractivity contribution >= 4 is 29.5 Å². The van der Waals surface area contributed by atoms with Crippen LogP contribution in [0.5, 0.6) is 0 Å². The van der Waals surface area contributed by atoms with Crippen LogP contribution in [-0.2, 0) is 6.42 Å². The highest BCUT2D eigenvalue weighted by Crippen LogP contribution is 2.32. The van der Waals surface area contributed by atoms with Gasteiger partial charge in [0.2, 0.25) is 0 Å². The van der Waals surface area contributed by atoms with Gasteiger partial charge in [-0.2, -0.15) is 5.10 Å². The molecular weight excluding hydrogens is 362 g/mol. The van der Waals surface area contributed by atoms with Crippen molar-refractivity contribution in [2.24, 2.45) is 5.10 Å². The van der Waals surface area contributed by atoms with Crippen molar-refractivity contribution in [3.8, 4) is 11.3 Å². The Labute approximate surface area is 152 Å². The van der Waals surface area contributed by atoms with Crippen molar-refractivity contribution in [2.45, 2.75) is 13.3 Å². The van der Waals surface area contributed by atoms with Gasteiger partial charge in [0.1, 0.15) is 11.5 Å². The van der Waals surface area contributed by atoms with E-state index in [2.05, 4.69) is 20.7 Å². The summed E-state index contributed by atoms with van der Waals surface area (Å²) in [5, 5.41) is 22.7. The van der Waals surface area contributed by atoms with Gasteiger partial charge in [0.05, 0.1) is 16.2 Å². The molecule has 0 saturated heterocycles. The summed E-state index contributed by atoms with van der Waals surface area (Å²) >= 11 is 6.09. The molecule has 0 unspecified atom stereocenters. The first-order valence-electron chi connectivity index (χ1n) is 7.52. The summed E-state index contributed by atoms with van der Waals surface area (Å²) in [7, 11) is 0. The number of non-ortho nitro benzene ring substituents is 1. The third-order valence-electron chi connectivity index (χ3n) is 3.49. The van der Waals surface area contributed by atoms with Gasteiger partial charge >= 0.3 is 0 Å². The molecule has 0 spiro atoms. The smallest absolute Gasteiger partial charge is 0.270 e. The number of nitro groups is 1. The van der Waals surface area contributed by atoms with Gasteiger partial charge in [-0.05, 0) is 18.2 Å². The molecule has 0 aliphatic rings. The van der Waals surface area contributed by atoms with Crippen LogP contribution in [0.4, 0.5) is 11.6 Å². The number of nitrogens with one attached hydrogen (secondary N) is 1. The summed E-state index contributed by atoms with van der Waals surface area (Å²) in [5.41, 5.74) is 3.12. The topological polar surface area (TPSA) is 137 Å². The lowest BCUT2D eigenvalue weighted by Gasteiger charge is -2.01. The first-order chi connectivity index (χ1) is 12.5. The van der Waals surface area contributed by atoms with Crippen molar-refractivity contribution < 1.29 is 9.34 Å². The number of nitrogens with zero attached hydrogens (tertiary/aromatic N) is 5. The summed E-state index contributed by atoms with van der Waals surface area (Å²) in [6.45, 7) is 1.91. The Bertz CT molecular complexity index is 980. The van der Waals surface area contributed by atoms with Crippen LogP contribution < -0.4 is 11.3 Å². The molecule has 3 rings (SSSR count). The number of nitrogen functional groups attached to an aromatic ring is 1. The number of nitro benzene ring substituents is 1. The molecule has 26 heavy (non-hydrogen) atoms. The number of halogens is 1. The van der Waals surface area contributed by atoms with Crippen LogP contribution in [0.2, 0.25) is 5.02 Å². The largest absolute Gasteiger partial charge is 0.455 e. The number of nitrogens with two attached hydrogens (primary N) is 1. The number of anilines is 1. The molecule has 0 aliphatic heterocycles. The maximum absolute atomic E-state index is 10.8. The van der Waals surface area contributed by atoms with E-state index in [1.165, 1.54) is 29.1 Å². The first-order valence-corrected chi connectivity index (χ1v) is 7.90. The number of hydrogen-bond acceptors (Lipinski definition) is 8. The van der Waals surface area contributed by atoms with Crippen LogP contribution in [0.25, 0.3) is 11.3 Å². The minimum Gasteiger partial charge on any atom is -0.455 e. The van der Waals surface area contributed by atoms with E-state index in [1.807, 2.05) is 6.92 Å². The molecule has 2 heterocycles. The fourth-order valence-electron chi connectivity index (χ4n) is 2.18. The van der Waals surface area contributed by atoms with Gasteiger partial charge < -0.3 is 10.3 Å². The van der Waals surface area contributed by atoms with Crippen molar-refractivity contribution in [1.82, 2.24) is 14.9 Å². The first kappa shape index (κ1) is 17.4. The monoisotopic (exact) mass is 375 g/mol. The Morgan fingerprint density at radius 2 is 2.23 bits per heavy atom. The Morgan fingerprint density at radius 3 is 2.88 bits per heavy atom. The zero-order valence-corrected chi connectivity index (χ0v) is 14.3. The second kappa shape index (κ2) is 7.23. The quantitative estimate of drug-likeness (QED) is 0.292. The molecule has 0 bridgehead atoms. The zero-order valence-electron chi connectivity index (χ0n) is 13.6. The molecule has 11 heteroatoms. The molecule has 0 atom stereocenters. The summed E-state index contributed by atoms with van der Waals surface area (Å²) in [4.78, 5) is 10.3. The third kappa shape index (κ3) is 3.49. The Hall–Kier alpha value is -3.40. The van der Waals surface area contributed by atoms with E-state index >= 15 is 0 Å². The van der Waals surface area contributed by atoms with Gasteiger partial charge in [-0.3, -0.25) is 10.1 Å². The van der Waals surface area contributed by atoms with Gasteiger partial charge in [-0.1, -0.05) is 18.5 Å². The Kier molecular flexibility index (Phi) is 4.85. The van der Waals surface area contributed by atoms with Crippen LogP contribution >= 0.6 is 11.6 Å². The molecule has 0 aliphatic carbocycles. The summed E-state index contributed by atoms with van der Waals surface area (Å²) in [6.07, 6.45) is 2.08. The van der Waals surface area contributed by atoms with E-state index in [1.54, 1.807) is 12.1 Å². The predicted octanol–water partition coefficient (Wildman–Crippen LogP) is 2.82. The van der Waals surface area contributed by atoms with Crippen LogP contribution in [0.15, 0.2) is 39.9 Å². The number of aryl methyl sites for hydroxylation is 1. The molecule has 10 nitrogen and oxygen atoms in total. The predicted molar refractivity (Wildman–Crippen MR) is 96.6 cm³/mol. The molecule has 134 valence electrons. The van der Waals surface area contributed by atoms with Crippen LogP contribution in [0.3, 0.4) is 0 Å². The van der Waals surface area contributed by atoms with Gasteiger partial charge in [-0.15, -0.1) is 10.2 Å². The van der Waals surface area contributed by atoms with Crippen molar-refractivity contribution in [2.75, 3.05) is 11.3 Å². The van der Waals surface area contributed by atoms with E-state index in [0.29, 0.717) is 35.3 Å². The highest BCUT2D eigenvalue weighted by molar-refractivity contribution is 6.33. The molecule has 1 aromatic carbocycles. The van der Waals surface area contributed by atoms with E-state index in [0.717, 1.165) is 0 Å². The van der Waals surface area contributed by atoms with E-state index < -0.39 is 4.92 Å². The molecule has 0 saturated carbocycles. The summed E-state index contributed by atoms with van der Waals surface area (Å²) < 4.78 is 6.93. The number of hydrazone groups is 1. The highest BCUT2D eigenvalue weighted by atomic mass is 35.5. The van der Waals surface area contributed by atoms with Crippen LogP contribution in [0, 0.1) is 10.1 Å². The lowest BCUT2D eigenvalue weighted by Crippen LogP contribution is -2.14. The lowest BCUT2D eigenvalue weighted by molar-refractivity contribution is -0.384. The number of hydrogen-bond donors (Lipinski definition) is 2. The van der Waals surface area contributed by atoms with E-state index in [4.69, 9.17) is 21.9 Å². The van der Waals surface area contributed by atoms with Gasteiger partial charge in [-0.25, -0.2) is 10.1 Å². The minimum atomic E-state index is -0.512. The number of benzene rings is 1. The number of rotatable bonds is 6. The average Bonchev–Trinajstić information content (AvgIpc) is 3.22. The molecular formula is C15H14ClN7O3. The van der Waals surface area contributed by atoms with Gasteiger partial charge in [0.25, 0.3) is 11.6 Å².